The number of carbonyl (C=O) groups excluding carboxylic acids is 1. The highest BCUT2D eigenvalue weighted by atomic mass is 32.2. The maximum atomic E-state index is 10.2. The van der Waals surface area contributed by atoms with E-state index in [9.17, 15) is 4.79 Å². The predicted molar refractivity (Wildman–Crippen MR) is 38.3 cm³/mol. The van der Waals surface area contributed by atoms with Crippen molar-refractivity contribution in [3.05, 3.63) is 0 Å². The average Bonchev–Trinajstić information content (AvgIpc) is 1.60. The minimum absolute atomic E-state index is 0.271. The van der Waals surface area contributed by atoms with Gasteiger partial charge in [-0.25, -0.2) is 0 Å². The van der Waals surface area contributed by atoms with Gasteiger partial charge in [-0.3, -0.25) is 4.79 Å². The number of hydrogen-bond donors (Lipinski definition) is 2. The van der Waals surface area contributed by atoms with E-state index in [1.807, 2.05) is 11.8 Å². The Balaban J connectivity index is 1.97. The van der Waals surface area contributed by atoms with Gasteiger partial charge in [0.1, 0.15) is 0 Å². The molecule has 3 nitrogen and oxygen atoms in total. The second kappa shape index (κ2) is 3.08. The van der Waals surface area contributed by atoms with E-state index in [0.717, 1.165) is 11.5 Å². The van der Waals surface area contributed by atoms with Gasteiger partial charge in [0.25, 0.3) is 0 Å². The fourth-order valence-corrected chi connectivity index (χ4v) is 1.31. The summed E-state index contributed by atoms with van der Waals surface area (Å²) < 4.78 is 0. The van der Waals surface area contributed by atoms with Crippen LogP contribution in [0, 0.1) is 0 Å². The smallest absolute Gasteiger partial charge is 0.231 e. The molecule has 1 rings (SSSR count). The number of nitrogens with two attached hydrogens (primary N) is 1. The molecule has 52 valence electrons. The van der Waals surface area contributed by atoms with E-state index < -0.39 is 0 Å². The van der Waals surface area contributed by atoms with Crippen LogP contribution in [-0.4, -0.2) is 30.0 Å². The van der Waals surface area contributed by atoms with Crippen LogP contribution in [-0.2, 0) is 4.79 Å². The number of thioether (sulfide) groups is 1. The quantitative estimate of drug-likeness (QED) is 0.547. The van der Waals surface area contributed by atoms with Crippen LogP contribution >= 0.6 is 11.8 Å². The molecular weight excluding hydrogens is 136 g/mol. The van der Waals surface area contributed by atoms with Crippen LogP contribution in [0.25, 0.3) is 0 Å². The summed E-state index contributed by atoms with van der Waals surface area (Å²) in [6, 6.07) is 0.530. The first-order valence-corrected chi connectivity index (χ1v) is 4.04. The van der Waals surface area contributed by atoms with Gasteiger partial charge in [-0.05, 0) is 0 Å². The Morgan fingerprint density at radius 1 is 1.78 bits per heavy atom. The largest absolute Gasteiger partial charge is 0.369 e. The molecule has 0 aliphatic carbocycles. The molecule has 1 heterocycles. The van der Waals surface area contributed by atoms with Gasteiger partial charge < -0.3 is 11.1 Å². The molecule has 0 aromatic carbocycles. The van der Waals surface area contributed by atoms with Gasteiger partial charge in [-0.2, -0.15) is 11.8 Å². The molecule has 0 bridgehead atoms. The Kier molecular flexibility index (Phi) is 2.36. The molecule has 0 saturated carbocycles. The lowest BCUT2D eigenvalue weighted by Crippen LogP contribution is -2.44. The zero-order valence-electron chi connectivity index (χ0n) is 5.09. The summed E-state index contributed by atoms with van der Waals surface area (Å²) in [6.07, 6.45) is 0. The number of hydrogen-bond acceptors (Lipinski definition) is 3. The molecular formula is C5H10N2OS. The maximum Gasteiger partial charge on any atom is 0.231 e. The zero-order chi connectivity index (χ0) is 6.69. The standard InChI is InChI=1S/C5H10N2OS/c6-5(8)1-7-4-2-9-3-4/h4,7H,1-3H2,(H2,6,8). The molecule has 0 unspecified atom stereocenters. The summed E-state index contributed by atoms with van der Waals surface area (Å²) in [5, 5.41) is 3.02. The summed E-state index contributed by atoms with van der Waals surface area (Å²) in [5.41, 5.74) is 4.91. The van der Waals surface area contributed by atoms with E-state index in [1.165, 1.54) is 0 Å². The monoisotopic (exact) mass is 146 g/mol. The molecule has 0 radical (unpaired) electrons. The maximum absolute atomic E-state index is 10.2. The third kappa shape index (κ3) is 2.24. The summed E-state index contributed by atoms with van der Waals surface area (Å²) in [5.74, 6) is 1.97. The van der Waals surface area contributed by atoms with Crippen molar-refractivity contribution in [1.82, 2.24) is 5.32 Å². The van der Waals surface area contributed by atoms with Crippen LogP contribution in [0.5, 0.6) is 0 Å². The van der Waals surface area contributed by atoms with Crippen LogP contribution in [0.4, 0.5) is 0 Å². The van der Waals surface area contributed by atoms with Crippen molar-refractivity contribution in [2.45, 2.75) is 6.04 Å². The number of rotatable bonds is 3. The Labute approximate surface area is 58.4 Å². The molecule has 0 spiro atoms. The van der Waals surface area contributed by atoms with Crippen LogP contribution in [0.3, 0.4) is 0 Å². The fourth-order valence-electron chi connectivity index (χ4n) is 0.598. The number of carbonyl (C=O) groups is 1. The average molecular weight is 146 g/mol. The van der Waals surface area contributed by atoms with Gasteiger partial charge in [-0.1, -0.05) is 0 Å². The SMILES string of the molecule is NC(=O)CNC1CSC1. The first-order valence-electron chi connectivity index (χ1n) is 2.88. The minimum atomic E-state index is -0.271. The van der Waals surface area contributed by atoms with E-state index in [4.69, 9.17) is 5.73 Å². The lowest BCUT2D eigenvalue weighted by atomic mass is 10.3. The third-order valence-electron chi connectivity index (χ3n) is 1.20. The van der Waals surface area contributed by atoms with Gasteiger partial charge in [-0.15, -0.1) is 0 Å². The highest BCUT2D eigenvalue weighted by Crippen LogP contribution is 2.16. The number of amides is 1. The van der Waals surface area contributed by atoms with Crippen LogP contribution in [0.15, 0.2) is 0 Å². The Bertz CT molecular complexity index is 114. The van der Waals surface area contributed by atoms with Crippen molar-refractivity contribution in [2.75, 3.05) is 18.1 Å². The molecule has 4 heteroatoms. The van der Waals surface area contributed by atoms with E-state index in [2.05, 4.69) is 5.32 Å². The summed E-state index contributed by atoms with van der Waals surface area (Å²) in [6.45, 7) is 0.325. The summed E-state index contributed by atoms with van der Waals surface area (Å²) in [4.78, 5) is 10.2. The molecule has 0 atom stereocenters. The van der Waals surface area contributed by atoms with Crippen molar-refractivity contribution < 1.29 is 4.79 Å². The van der Waals surface area contributed by atoms with Crippen molar-refractivity contribution in [2.24, 2.45) is 5.73 Å². The second-order valence-electron chi connectivity index (χ2n) is 2.08. The third-order valence-corrected chi connectivity index (χ3v) is 2.48. The zero-order valence-corrected chi connectivity index (χ0v) is 5.91. The van der Waals surface area contributed by atoms with E-state index in [1.54, 1.807) is 0 Å². The lowest BCUT2D eigenvalue weighted by Gasteiger charge is -2.25. The first-order chi connectivity index (χ1) is 4.29. The van der Waals surface area contributed by atoms with Crippen molar-refractivity contribution in [3.8, 4) is 0 Å². The fraction of sp³-hybridized carbons (Fsp3) is 0.800. The number of nitrogens with one attached hydrogen (secondary N) is 1. The molecule has 1 aliphatic heterocycles. The van der Waals surface area contributed by atoms with Gasteiger partial charge in [0.05, 0.1) is 6.54 Å². The molecule has 3 N–H and O–H groups in total. The van der Waals surface area contributed by atoms with E-state index in [-0.39, 0.29) is 5.91 Å². The molecule has 1 aliphatic rings. The minimum Gasteiger partial charge on any atom is -0.369 e. The van der Waals surface area contributed by atoms with Crippen LogP contribution in [0.1, 0.15) is 0 Å². The Hall–Kier alpha value is -0.220. The van der Waals surface area contributed by atoms with Gasteiger partial charge >= 0.3 is 0 Å². The highest BCUT2D eigenvalue weighted by molar-refractivity contribution is 8.00. The highest BCUT2D eigenvalue weighted by Gasteiger charge is 2.16. The van der Waals surface area contributed by atoms with Crippen molar-refractivity contribution in [1.29, 1.82) is 0 Å². The van der Waals surface area contributed by atoms with Gasteiger partial charge in [0.2, 0.25) is 5.91 Å². The Morgan fingerprint density at radius 2 is 2.44 bits per heavy atom. The topological polar surface area (TPSA) is 55.1 Å². The van der Waals surface area contributed by atoms with Crippen LogP contribution < -0.4 is 11.1 Å². The summed E-state index contributed by atoms with van der Waals surface area (Å²) >= 11 is 1.88. The van der Waals surface area contributed by atoms with Gasteiger partial charge in [0.15, 0.2) is 0 Å². The lowest BCUT2D eigenvalue weighted by molar-refractivity contribution is -0.117. The molecule has 1 fully saturated rings. The van der Waals surface area contributed by atoms with Gasteiger partial charge in [0, 0.05) is 17.5 Å². The van der Waals surface area contributed by atoms with Crippen molar-refractivity contribution >= 4 is 17.7 Å². The van der Waals surface area contributed by atoms with E-state index >= 15 is 0 Å². The molecule has 9 heavy (non-hydrogen) atoms. The summed E-state index contributed by atoms with van der Waals surface area (Å²) in [7, 11) is 0. The normalized spacial score (nSPS) is 19.1. The molecule has 1 saturated heterocycles. The molecule has 0 aromatic rings. The molecule has 0 aromatic heterocycles. The predicted octanol–water partition coefficient (Wildman–Crippen LogP) is -0.823. The second-order valence-corrected chi connectivity index (χ2v) is 3.16. The van der Waals surface area contributed by atoms with Crippen LogP contribution in [0.2, 0.25) is 0 Å². The van der Waals surface area contributed by atoms with Crippen molar-refractivity contribution in [3.63, 3.8) is 0 Å². The molecule has 1 amide bonds. The first kappa shape index (κ1) is 6.89. The Morgan fingerprint density at radius 3 is 2.78 bits per heavy atom. The number of primary amides is 1. The van der Waals surface area contributed by atoms with E-state index in [0.29, 0.717) is 12.6 Å².